The maximum atomic E-state index is 14.2. The van der Waals surface area contributed by atoms with E-state index < -0.39 is 17.3 Å². The Kier molecular flexibility index (Phi) is 4.70. The number of fused-ring (bicyclic) bond motifs is 1. The van der Waals surface area contributed by atoms with Crippen molar-refractivity contribution in [1.29, 1.82) is 0 Å². The van der Waals surface area contributed by atoms with Crippen molar-refractivity contribution in [1.82, 2.24) is 29.9 Å². The number of halogens is 2. The van der Waals surface area contributed by atoms with Gasteiger partial charge in [0, 0.05) is 11.6 Å². The maximum absolute atomic E-state index is 14.2. The van der Waals surface area contributed by atoms with Crippen LogP contribution >= 0.6 is 0 Å². The molecule has 5 aromatic rings. The smallest absolute Gasteiger partial charge is 0.224 e. The molecule has 5 rings (SSSR count). The third kappa shape index (κ3) is 3.49. The van der Waals surface area contributed by atoms with E-state index in [2.05, 4.69) is 24.9 Å². The summed E-state index contributed by atoms with van der Waals surface area (Å²) in [5, 5.41) is 0. The first-order chi connectivity index (χ1) is 15.4. The standard InChI is InChI=1S/C24H18F2N6/c1-24(2,19-7-3-5-15(28-19)14-9-10-21(25)32-22(14)26)20-8-4-6-17(29-20)23-30-16-11-12-27-13-18(16)31-23/h3-13H,1-2H3,(H,30,31). The minimum Gasteiger partial charge on any atom is -0.335 e. The van der Waals surface area contributed by atoms with Crippen molar-refractivity contribution in [2.24, 2.45) is 0 Å². The van der Waals surface area contributed by atoms with E-state index in [1.165, 1.54) is 6.07 Å². The molecule has 0 aliphatic carbocycles. The highest BCUT2D eigenvalue weighted by Crippen LogP contribution is 2.32. The average Bonchev–Trinajstić information content (AvgIpc) is 3.24. The fourth-order valence-electron chi connectivity index (χ4n) is 3.56. The molecule has 0 amide bonds. The molecular weight excluding hydrogens is 410 g/mol. The Bertz CT molecular complexity index is 1410. The van der Waals surface area contributed by atoms with Crippen LogP contribution in [0.15, 0.2) is 67.0 Å². The van der Waals surface area contributed by atoms with Gasteiger partial charge in [-0.1, -0.05) is 12.1 Å². The summed E-state index contributed by atoms with van der Waals surface area (Å²) in [5.74, 6) is -1.12. The van der Waals surface area contributed by atoms with Crippen molar-refractivity contribution in [2.75, 3.05) is 0 Å². The molecule has 5 aromatic heterocycles. The Hall–Kier alpha value is -4.07. The summed E-state index contributed by atoms with van der Waals surface area (Å²) in [6, 6.07) is 15.3. The van der Waals surface area contributed by atoms with Gasteiger partial charge in [0.1, 0.15) is 5.69 Å². The first kappa shape index (κ1) is 19.9. The first-order valence-corrected chi connectivity index (χ1v) is 9.99. The van der Waals surface area contributed by atoms with Crippen molar-refractivity contribution < 1.29 is 8.78 Å². The van der Waals surface area contributed by atoms with Crippen LogP contribution in [0.2, 0.25) is 0 Å². The zero-order valence-electron chi connectivity index (χ0n) is 17.3. The lowest BCUT2D eigenvalue weighted by Crippen LogP contribution is -2.22. The largest absolute Gasteiger partial charge is 0.335 e. The van der Waals surface area contributed by atoms with Crippen LogP contribution in [0, 0.1) is 11.9 Å². The predicted molar refractivity (Wildman–Crippen MR) is 117 cm³/mol. The third-order valence-electron chi connectivity index (χ3n) is 5.40. The second kappa shape index (κ2) is 7.56. The van der Waals surface area contributed by atoms with Crippen LogP contribution in [0.3, 0.4) is 0 Å². The van der Waals surface area contributed by atoms with Gasteiger partial charge in [-0.3, -0.25) is 9.97 Å². The Labute approximate surface area is 182 Å². The van der Waals surface area contributed by atoms with Crippen LogP contribution in [0.25, 0.3) is 33.8 Å². The lowest BCUT2D eigenvalue weighted by atomic mass is 9.84. The number of nitrogens with zero attached hydrogens (tertiary/aromatic N) is 5. The lowest BCUT2D eigenvalue weighted by Gasteiger charge is -2.24. The van der Waals surface area contributed by atoms with Gasteiger partial charge in [-0.2, -0.15) is 13.8 Å². The van der Waals surface area contributed by atoms with Crippen LogP contribution in [0.5, 0.6) is 0 Å². The summed E-state index contributed by atoms with van der Waals surface area (Å²) >= 11 is 0. The number of pyridine rings is 4. The maximum Gasteiger partial charge on any atom is 0.224 e. The molecule has 0 bridgehead atoms. The highest BCUT2D eigenvalue weighted by atomic mass is 19.1. The molecule has 0 saturated heterocycles. The highest BCUT2D eigenvalue weighted by molar-refractivity contribution is 5.77. The normalized spacial score (nSPS) is 11.8. The number of H-pyrrole nitrogens is 1. The van der Waals surface area contributed by atoms with Crippen molar-refractivity contribution in [3.05, 3.63) is 90.3 Å². The van der Waals surface area contributed by atoms with Crippen LogP contribution in [0.4, 0.5) is 8.78 Å². The van der Waals surface area contributed by atoms with E-state index in [4.69, 9.17) is 4.98 Å². The fraction of sp³-hybridized carbons (Fsp3) is 0.125. The fourth-order valence-corrected chi connectivity index (χ4v) is 3.56. The minimum absolute atomic E-state index is 0.140. The summed E-state index contributed by atoms with van der Waals surface area (Å²) in [6.07, 6.45) is 3.41. The number of hydrogen-bond donors (Lipinski definition) is 1. The van der Waals surface area contributed by atoms with E-state index in [1.807, 2.05) is 44.2 Å². The summed E-state index contributed by atoms with van der Waals surface area (Å²) in [4.78, 5) is 24.7. The van der Waals surface area contributed by atoms with Gasteiger partial charge in [0.05, 0.1) is 39.9 Å². The third-order valence-corrected chi connectivity index (χ3v) is 5.40. The molecule has 0 fully saturated rings. The number of imidazole rings is 1. The summed E-state index contributed by atoms with van der Waals surface area (Å²) in [5.41, 5.74) is 3.72. The SMILES string of the molecule is CC(C)(c1cccc(-c2nc3ccncc3[nH]2)n1)c1cccc(-c2ccc(F)nc2F)n1. The molecule has 5 heterocycles. The van der Waals surface area contributed by atoms with Crippen LogP contribution in [-0.4, -0.2) is 29.9 Å². The molecule has 0 radical (unpaired) electrons. The van der Waals surface area contributed by atoms with Crippen molar-refractivity contribution in [3.63, 3.8) is 0 Å². The molecule has 0 aromatic carbocycles. The molecule has 0 spiro atoms. The zero-order chi connectivity index (χ0) is 22.3. The van der Waals surface area contributed by atoms with E-state index in [-0.39, 0.29) is 5.56 Å². The van der Waals surface area contributed by atoms with Crippen LogP contribution in [0.1, 0.15) is 25.2 Å². The van der Waals surface area contributed by atoms with E-state index >= 15 is 0 Å². The van der Waals surface area contributed by atoms with E-state index in [9.17, 15) is 8.78 Å². The first-order valence-electron chi connectivity index (χ1n) is 9.99. The Balaban J connectivity index is 1.54. The monoisotopic (exact) mass is 428 g/mol. The van der Waals surface area contributed by atoms with E-state index in [0.717, 1.165) is 22.8 Å². The molecule has 32 heavy (non-hydrogen) atoms. The quantitative estimate of drug-likeness (QED) is 0.404. The molecule has 8 heteroatoms. The van der Waals surface area contributed by atoms with Gasteiger partial charge >= 0.3 is 0 Å². The Morgan fingerprint density at radius 1 is 0.781 bits per heavy atom. The van der Waals surface area contributed by atoms with Crippen LogP contribution < -0.4 is 0 Å². The molecule has 0 unspecified atom stereocenters. The van der Waals surface area contributed by atoms with Gasteiger partial charge in [0.15, 0.2) is 5.82 Å². The van der Waals surface area contributed by atoms with E-state index in [0.29, 0.717) is 22.9 Å². The number of nitrogens with one attached hydrogen (secondary N) is 1. The predicted octanol–water partition coefficient (Wildman–Crippen LogP) is 5.08. The topological polar surface area (TPSA) is 80.2 Å². The Morgan fingerprint density at radius 2 is 1.50 bits per heavy atom. The minimum atomic E-state index is -0.896. The Morgan fingerprint density at radius 3 is 2.22 bits per heavy atom. The summed E-state index contributed by atoms with van der Waals surface area (Å²) < 4.78 is 27.4. The average molecular weight is 428 g/mol. The van der Waals surface area contributed by atoms with Gasteiger partial charge in [0.2, 0.25) is 11.9 Å². The van der Waals surface area contributed by atoms with Gasteiger partial charge in [0.25, 0.3) is 0 Å². The molecule has 0 atom stereocenters. The van der Waals surface area contributed by atoms with Gasteiger partial charge in [-0.15, -0.1) is 0 Å². The number of rotatable bonds is 4. The van der Waals surface area contributed by atoms with Crippen molar-refractivity contribution in [3.8, 4) is 22.8 Å². The molecule has 0 aliphatic heterocycles. The van der Waals surface area contributed by atoms with E-state index in [1.54, 1.807) is 24.5 Å². The van der Waals surface area contributed by atoms with Crippen molar-refractivity contribution >= 4 is 11.0 Å². The van der Waals surface area contributed by atoms with Crippen LogP contribution in [-0.2, 0) is 5.41 Å². The molecular formula is C24H18F2N6. The molecule has 158 valence electrons. The second-order valence-electron chi connectivity index (χ2n) is 7.89. The highest BCUT2D eigenvalue weighted by Gasteiger charge is 2.27. The second-order valence-corrected chi connectivity index (χ2v) is 7.89. The molecule has 0 saturated carbocycles. The van der Waals surface area contributed by atoms with Gasteiger partial charge < -0.3 is 4.98 Å². The number of aromatic nitrogens is 6. The number of hydrogen-bond acceptors (Lipinski definition) is 5. The summed E-state index contributed by atoms with van der Waals surface area (Å²) in [6.45, 7) is 3.99. The summed E-state index contributed by atoms with van der Waals surface area (Å²) in [7, 11) is 0. The molecule has 1 N–H and O–H groups in total. The number of aromatic amines is 1. The van der Waals surface area contributed by atoms with Gasteiger partial charge in [-0.25, -0.2) is 9.97 Å². The zero-order valence-corrected chi connectivity index (χ0v) is 17.3. The molecule has 6 nitrogen and oxygen atoms in total. The van der Waals surface area contributed by atoms with Gasteiger partial charge in [-0.05, 0) is 56.3 Å². The van der Waals surface area contributed by atoms with Crippen molar-refractivity contribution in [2.45, 2.75) is 19.3 Å². The molecule has 0 aliphatic rings. The lowest BCUT2D eigenvalue weighted by molar-refractivity contribution is 0.514.